The Hall–Kier alpha value is -1.78. The molecule has 0 N–H and O–H groups in total. The van der Waals surface area contributed by atoms with Crippen molar-refractivity contribution in [2.45, 2.75) is 19.4 Å². The van der Waals surface area contributed by atoms with Gasteiger partial charge in [0.25, 0.3) is 0 Å². The maximum absolute atomic E-state index is 6.06. The Morgan fingerprint density at radius 3 is 2.57 bits per heavy atom. The zero-order valence-electron chi connectivity index (χ0n) is 11.7. The highest BCUT2D eigenvalue weighted by atomic mass is 35.5. The molecule has 0 aliphatic carbocycles. The summed E-state index contributed by atoms with van der Waals surface area (Å²) in [4.78, 5) is 8.61. The molecule has 0 saturated carbocycles. The van der Waals surface area contributed by atoms with Crippen LogP contribution in [0.2, 0.25) is 10.0 Å². The lowest BCUT2D eigenvalue weighted by Gasteiger charge is -2.24. The van der Waals surface area contributed by atoms with Crippen molar-refractivity contribution in [3.05, 3.63) is 65.2 Å². The minimum Gasteiger partial charge on any atom is -0.326 e. The molecule has 0 spiro atoms. The topological polar surface area (TPSA) is 35.6 Å². The number of hydrogen-bond acceptors (Lipinski definition) is 2. The number of benzene rings is 1. The minimum absolute atomic E-state index is 0.280. The minimum atomic E-state index is -0.280. The Balaban J connectivity index is 1.98. The number of imidazole rings is 2. The van der Waals surface area contributed by atoms with E-state index < -0.39 is 0 Å². The third-order valence-corrected chi connectivity index (χ3v) is 4.30. The van der Waals surface area contributed by atoms with Gasteiger partial charge < -0.3 is 9.13 Å². The SMILES string of the molecule is CC(C)(c1cn(-c2ccc(Cl)c(Cl)c2)cn1)n1ccnc1. The first-order chi connectivity index (χ1) is 9.98. The normalized spacial score (nSPS) is 11.8. The number of rotatable bonds is 3. The summed E-state index contributed by atoms with van der Waals surface area (Å²) in [6, 6.07) is 5.50. The van der Waals surface area contributed by atoms with Crippen LogP contribution in [-0.4, -0.2) is 19.1 Å². The number of halogens is 2. The van der Waals surface area contributed by atoms with E-state index in [0.29, 0.717) is 10.0 Å². The van der Waals surface area contributed by atoms with Crippen molar-refractivity contribution in [1.29, 1.82) is 0 Å². The molecule has 3 rings (SSSR count). The zero-order chi connectivity index (χ0) is 15.0. The largest absolute Gasteiger partial charge is 0.326 e. The molecule has 0 bridgehead atoms. The second-order valence-electron chi connectivity index (χ2n) is 5.29. The van der Waals surface area contributed by atoms with Gasteiger partial charge in [0.05, 0.1) is 33.9 Å². The average Bonchev–Trinajstić information content (AvgIpc) is 3.13. The van der Waals surface area contributed by atoms with Crippen LogP contribution < -0.4 is 0 Å². The molecule has 0 radical (unpaired) electrons. The van der Waals surface area contributed by atoms with E-state index in [1.54, 1.807) is 24.9 Å². The summed E-state index contributed by atoms with van der Waals surface area (Å²) in [6.07, 6.45) is 9.24. The molecule has 0 aliphatic rings. The van der Waals surface area contributed by atoms with Gasteiger partial charge in [0, 0.05) is 24.3 Å². The van der Waals surface area contributed by atoms with Crippen LogP contribution in [0.25, 0.3) is 5.69 Å². The molecule has 4 nitrogen and oxygen atoms in total. The van der Waals surface area contributed by atoms with E-state index in [2.05, 4.69) is 23.8 Å². The first kappa shape index (κ1) is 14.2. The van der Waals surface area contributed by atoms with Crippen LogP contribution in [0, 0.1) is 0 Å². The second-order valence-corrected chi connectivity index (χ2v) is 6.11. The highest BCUT2D eigenvalue weighted by Crippen LogP contribution is 2.27. The first-order valence-electron chi connectivity index (χ1n) is 6.47. The lowest BCUT2D eigenvalue weighted by molar-refractivity contribution is 0.424. The first-order valence-corrected chi connectivity index (χ1v) is 7.22. The Morgan fingerprint density at radius 1 is 1.10 bits per heavy atom. The van der Waals surface area contributed by atoms with E-state index in [1.807, 2.05) is 33.7 Å². The van der Waals surface area contributed by atoms with Gasteiger partial charge in [-0.1, -0.05) is 23.2 Å². The van der Waals surface area contributed by atoms with Crippen molar-refractivity contribution < 1.29 is 0 Å². The fourth-order valence-corrected chi connectivity index (χ4v) is 2.44. The van der Waals surface area contributed by atoms with Crippen LogP contribution in [0.4, 0.5) is 0 Å². The van der Waals surface area contributed by atoms with E-state index in [0.717, 1.165) is 11.4 Å². The van der Waals surface area contributed by atoms with Crippen LogP contribution in [0.15, 0.2) is 49.4 Å². The van der Waals surface area contributed by atoms with E-state index in [1.165, 1.54) is 0 Å². The van der Waals surface area contributed by atoms with Gasteiger partial charge in [-0.2, -0.15) is 0 Å². The molecule has 3 aromatic rings. The highest BCUT2D eigenvalue weighted by Gasteiger charge is 2.25. The average molecular weight is 321 g/mol. The molecule has 0 atom stereocenters. The Bertz CT molecular complexity index is 760. The van der Waals surface area contributed by atoms with Gasteiger partial charge in [-0.25, -0.2) is 9.97 Å². The van der Waals surface area contributed by atoms with Crippen molar-refractivity contribution in [1.82, 2.24) is 19.1 Å². The number of aromatic nitrogens is 4. The van der Waals surface area contributed by atoms with Gasteiger partial charge in [0.15, 0.2) is 0 Å². The van der Waals surface area contributed by atoms with Crippen molar-refractivity contribution in [2.24, 2.45) is 0 Å². The predicted octanol–water partition coefficient (Wildman–Crippen LogP) is 4.16. The maximum Gasteiger partial charge on any atom is 0.0996 e. The number of hydrogen-bond donors (Lipinski definition) is 0. The van der Waals surface area contributed by atoms with Crippen molar-refractivity contribution >= 4 is 23.2 Å². The highest BCUT2D eigenvalue weighted by molar-refractivity contribution is 6.42. The summed E-state index contributed by atoms with van der Waals surface area (Å²) in [5.41, 5.74) is 1.58. The standard InChI is InChI=1S/C15H14Cl2N4/c1-15(2,21-6-5-18-9-21)14-8-20(10-19-14)11-3-4-12(16)13(17)7-11/h3-10H,1-2H3. The molecule has 6 heteroatoms. The molecule has 2 heterocycles. The molecule has 108 valence electrons. The Kier molecular flexibility index (Phi) is 3.51. The lowest BCUT2D eigenvalue weighted by atomic mass is 10.0. The molecule has 0 amide bonds. The van der Waals surface area contributed by atoms with Crippen LogP contribution in [-0.2, 0) is 5.54 Å². The molecule has 21 heavy (non-hydrogen) atoms. The van der Waals surface area contributed by atoms with Crippen LogP contribution in [0.5, 0.6) is 0 Å². The molecule has 0 aliphatic heterocycles. The third kappa shape index (κ3) is 2.57. The van der Waals surface area contributed by atoms with Crippen LogP contribution >= 0.6 is 23.2 Å². The van der Waals surface area contributed by atoms with Crippen LogP contribution in [0.1, 0.15) is 19.5 Å². The van der Waals surface area contributed by atoms with Crippen LogP contribution in [0.3, 0.4) is 0 Å². The van der Waals surface area contributed by atoms with E-state index in [4.69, 9.17) is 23.2 Å². The summed E-state index contributed by atoms with van der Waals surface area (Å²) in [5, 5.41) is 1.07. The Morgan fingerprint density at radius 2 is 1.90 bits per heavy atom. The van der Waals surface area contributed by atoms with Gasteiger partial charge in [-0.05, 0) is 32.0 Å². The summed E-state index contributed by atoms with van der Waals surface area (Å²) >= 11 is 12.0. The van der Waals surface area contributed by atoms with Crippen molar-refractivity contribution in [3.8, 4) is 5.69 Å². The summed E-state index contributed by atoms with van der Waals surface area (Å²) < 4.78 is 3.95. The monoisotopic (exact) mass is 320 g/mol. The third-order valence-electron chi connectivity index (χ3n) is 3.56. The summed E-state index contributed by atoms with van der Waals surface area (Å²) in [6.45, 7) is 4.19. The van der Waals surface area contributed by atoms with Gasteiger partial charge in [-0.3, -0.25) is 0 Å². The predicted molar refractivity (Wildman–Crippen MR) is 84.2 cm³/mol. The van der Waals surface area contributed by atoms with E-state index in [9.17, 15) is 0 Å². The lowest BCUT2D eigenvalue weighted by Crippen LogP contribution is -2.26. The zero-order valence-corrected chi connectivity index (χ0v) is 13.2. The van der Waals surface area contributed by atoms with Gasteiger partial charge >= 0.3 is 0 Å². The molecular weight excluding hydrogens is 307 g/mol. The molecule has 0 unspecified atom stereocenters. The van der Waals surface area contributed by atoms with Crippen molar-refractivity contribution in [3.63, 3.8) is 0 Å². The Labute approximate surface area is 133 Å². The maximum atomic E-state index is 6.06. The van der Waals surface area contributed by atoms with E-state index >= 15 is 0 Å². The van der Waals surface area contributed by atoms with E-state index in [-0.39, 0.29) is 5.54 Å². The second kappa shape index (κ2) is 5.20. The smallest absolute Gasteiger partial charge is 0.0996 e. The quantitative estimate of drug-likeness (QED) is 0.726. The molecule has 1 aromatic carbocycles. The number of nitrogens with zero attached hydrogens (tertiary/aromatic N) is 4. The van der Waals surface area contributed by atoms with Gasteiger partial charge in [-0.15, -0.1) is 0 Å². The van der Waals surface area contributed by atoms with Gasteiger partial charge in [0.2, 0.25) is 0 Å². The summed E-state index contributed by atoms with van der Waals surface area (Å²) in [7, 11) is 0. The molecule has 0 fully saturated rings. The molecular formula is C15H14Cl2N4. The van der Waals surface area contributed by atoms with Crippen molar-refractivity contribution in [2.75, 3.05) is 0 Å². The fraction of sp³-hybridized carbons (Fsp3) is 0.200. The molecule has 0 saturated heterocycles. The van der Waals surface area contributed by atoms with Gasteiger partial charge in [0.1, 0.15) is 0 Å². The summed E-state index contributed by atoms with van der Waals surface area (Å²) in [5.74, 6) is 0. The fourth-order valence-electron chi connectivity index (χ4n) is 2.15. The molecule has 2 aromatic heterocycles.